The monoisotopic (exact) mass is 615 g/mol. The zero-order valence-corrected chi connectivity index (χ0v) is 24.1. The topological polar surface area (TPSA) is 137 Å². The fourth-order valence-electron chi connectivity index (χ4n) is 5.07. The van der Waals surface area contributed by atoms with E-state index in [4.69, 9.17) is 14.6 Å². The summed E-state index contributed by atoms with van der Waals surface area (Å²) in [5.41, 5.74) is 8.31. The van der Waals surface area contributed by atoms with Gasteiger partial charge >= 0.3 is 0 Å². The molecule has 9 nitrogen and oxygen atoms in total. The third-order valence-electron chi connectivity index (χ3n) is 7.26. The number of oxazole rings is 1. The highest BCUT2D eigenvalue weighted by Crippen LogP contribution is 2.40. The van der Waals surface area contributed by atoms with Gasteiger partial charge in [0.25, 0.3) is 5.91 Å². The molecule has 6 aromatic rings. The maximum Gasteiger partial charge on any atom is 0.252 e. The summed E-state index contributed by atoms with van der Waals surface area (Å²) >= 11 is 0. The van der Waals surface area contributed by atoms with Gasteiger partial charge in [0, 0.05) is 41.6 Å². The molecule has 2 heterocycles. The van der Waals surface area contributed by atoms with E-state index in [0.717, 1.165) is 10.6 Å². The molecule has 44 heavy (non-hydrogen) atoms. The number of fused-ring (bicyclic) bond motifs is 2. The number of primary amides is 1. The molecule has 0 saturated carbocycles. The maximum atomic E-state index is 14.4. The van der Waals surface area contributed by atoms with E-state index in [1.54, 1.807) is 30.3 Å². The predicted molar refractivity (Wildman–Crippen MR) is 161 cm³/mol. The van der Waals surface area contributed by atoms with E-state index in [2.05, 4.69) is 4.98 Å². The fraction of sp³-hybridized carbons (Fsp3) is 0.0938. The molecular weight excluding hydrogens is 592 g/mol. The van der Waals surface area contributed by atoms with Crippen molar-refractivity contribution in [3.63, 3.8) is 0 Å². The quantitative estimate of drug-likeness (QED) is 0.205. The largest absolute Gasteiger partial charge is 0.460 e. The molecule has 0 aliphatic rings. The molecule has 0 bridgehead atoms. The number of benzene rings is 4. The Morgan fingerprint density at radius 2 is 1.70 bits per heavy atom. The summed E-state index contributed by atoms with van der Waals surface area (Å²) in [6.45, 7) is 0. The van der Waals surface area contributed by atoms with Crippen molar-refractivity contribution in [1.82, 2.24) is 4.98 Å². The van der Waals surface area contributed by atoms with Crippen molar-refractivity contribution in [3.8, 4) is 22.6 Å². The highest BCUT2D eigenvalue weighted by atomic mass is 32.2. The van der Waals surface area contributed by atoms with Crippen LogP contribution in [0.1, 0.15) is 32.0 Å². The second-order valence-electron chi connectivity index (χ2n) is 10.2. The van der Waals surface area contributed by atoms with E-state index in [1.165, 1.54) is 49.5 Å². The van der Waals surface area contributed by atoms with E-state index in [9.17, 15) is 26.8 Å². The van der Waals surface area contributed by atoms with Gasteiger partial charge in [0.2, 0.25) is 15.9 Å². The molecule has 12 heteroatoms. The van der Waals surface area contributed by atoms with Crippen molar-refractivity contribution in [2.45, 2.75) is 6.42 Å². The fourth-order valence-corrected chi connectivity index (χ4v) is 5.58. The SMILES string of the molecule is CN(c1cc2oc(Cc3ccc(F)cc3)c(C(N)=O)c2cc1-c1cc(C=O)cc(-c2nc3c(F)cccc3o2)c1)S(C)(=O)=O. The Balaban J connectivity index is 1.59. The molecule has 0 atom stereocenters. The number of amides is 1. The average Bonchev–Trinajstić information content (AvgIpc) is 3.58. The molecule has 2 aromatic heterocycles. The number of para-hydroxylation sites is 1. The maximum absolute atomic E-state index is 14.4. The molecule has 0 fully saturated rings. The third kappa shape index (κ3) is 5.20. The molecule has 222 valence electrons. The predicted octanol–water partition coefficient (Wildman–Crippen LogP) is 6.08. The van der Waals surface area contributed by atoms with E-state index >= 15 is 0 Å². The minimum Gasteiger partial charge on any atom is -0.460 e. The zero-order chi connectivity index (χ0) is 31.3. The number of rotatable bonds is 8. The van der Waals surface area contributed by atoms with Crippen molar-refractivity contribution >= 4 is 50.0 Å². The lowest BCUT2D eigenvalue weighted by molar-refractivity contribution is 0.0999. The van der Waals surface area contributed by atoms with Gasteiger partial charge in [-0.05, 0) is 59.7 Å². The lowest BCUT2D eigenvalue weighted by atomic mass is 9.96. The van der Waals surface area contributed by atoms with Crippen molar-refractivity contribution in [2.75, 3.05) is 17.6 Å². The van der Waals surface area contributed by atoms with Crippen LogP contribution in [0.15, 0.2) is 81.6 Å². The first-order valence-corrected chi connectivity index (χ1v) is 15.0. The number of sulfonamides is 1. The number of halogens is 2. The van der Waals surface area contributed by atoms with Gasteiger partial charge in [-0.1, -0.05) is 18.2 Å². The first-order chi connectivity index (χ1) is 20.9. The summed E-state index contributed by atoms with van der Waals surface area (Å²) in [6.07, 6.45) is 1.74. The summed E-state index contributed by atoms with van der Waals surface area (Å²) in [6, 6.07) is 17.6. The molecule has 4 aromatic carbocycles. The Morgan fingerprint density at radius 1 is 0.977 bits per heavy atom. The molecule has 6 rings (SSSR count). The second kappa shape index (κ2) is 10.7. The number of carbonyl (C=O) groups is 2. The molecule has 1 amide bonds. The smallest absolute Gasteiger partial charge is 0.252 e. The Morgan fingerprint density at radius 3 is 2.36 bits per heavy atom. The van der Waals surface area contributed by atoms with Gasteiger partial charge in [-0.2, -0.15) is 0 Å². The number of furan rings is 1. The first-order valence-electron chi connectivity index (χ1n) is 13.2. The van der Waals surface area contributed by atoms with Crippen LogP contribution in [0.25, 0.3) is 44.7 Å². The molecule has 0 aliphatic heterocycles. The van der Waals surface area contributed by atoms with Crippen molar-refractivity contribution < 1.29 is 35.6 Å². The Labute approximate surface area is 249 Å². The van der Waals surface area contributed by atoms with Gasteiger partial charge in [0.05, 0.1) is 17.5 Å². The summed E-state index contributed by atoms with van der Waals surface area (Å²) in [7, 11) is -2.45. The minimum atomic E-state index is -3.80. The zero-order valence-electron chi connectivity index (χ0n) is 23.3. The van der Waals surface area contributed by atoms with Crippen LogP contribution in [-0.2, 0) is 16.4 Å². The van der Waals surface area contributed by atoms with Gasteiger partial charge < -0.3 is 14.6 Å². The molecule has 0 aliphatic carbocycles. The number of hydrogen-bond acceptors (Lipinski definition) is 7. The van der Waals surface area contributed by atoms with Crippen LogP contribution in [0.4, 0.5) is 14.5 Å². The van der Waals surface area contributed by atoms with E-state index in [1.807, 2.05) is 0 Å². The number of anilines is 1. The average molecular weight is 616 g/mol. The van der Waals surface area contributed by atoms with Crippen molar-refractivity contribution in [3.05, 3.63) is 107 Å². The number of hydrogen-bond donors (Lipinski definition) is 1. The highest BCUT2D eigenvalue weighted by Gasteiger charge is 2.25. The van der Waals surface area contributed by atoms with Gasteiger partial charge in [-0.3, -0.25) is 13.9 Å². The summed E-state index contributed by atoms with van der Waals surface area (Å²) in [5.74, 6) is -1.54. The Hall–Kier alpha value is -5.36. The van der Waals surface area contributed by atoms with Gasteiger partial charge in [0.1, 0.15) is 29.0 Å². The second-order valence-corrected chi connectivity index (χ2v) is 12.2. The summed E-state index contributed by atoms with van der Waals surface area (Å²) < 4.78 is 66.1. The van der Waals surface area contributed by atoms with Crippen LogP contribution in [0, 0.1) is 11.6 Å². The van der Waals surface area contributed by atoms with Crippen molar-refractivity contribution in [1.29, 1.82) is 0 Å². The van der Waals surface area contributed by atoms with Gasteiger partial charge in [0.15, 0.2) is 11.4 Å². The minimum absolute atomic E-state index is 0.0117. The van der Waals surface area contributed by atoms with Crippen LogP contribution in [-0.4, -0.2) is 38.9 Å². The lowest BCUT2D eigenvalue weighted by Crippen LogP contribution is -2.25. The normalized spacial score (nSPS) is 11.7. The first kappa shape index (κ1) is 28.7. The number of aldehydes is 1. The van der Waals surface area contributed by atoms with E-state index < -0.39 is 27.6 Å². The molecule has 0 radical (unpaired) electrons. The lowest BCUT2D eigenvalue weighted by Gasteiger charge is -2.21. The summed E-state index contributed by atoms with van der Waals surface area (Å²) in [4.78, 5) is 29.0. The Kier molecular flexibility index (Phi) is 7.01. The van der Waals surface area contributed by atoms with E-state index in [0.29, 0.717) is 33.9 Å². The van der Waals surface area contributed by atoms with Crippen LogP contribution >= 0.6 is 0 Å². The molecular formula is C32H23F2N3O6S. The van der Waals surface area contributed by atoms with Crippen molar-refractivity contribution in [2.24, 2.45) is 5.73 Å². The number of carbonyl (C=O) groups excluding carboxylic acids is 2. The molecule has 0 saturated heterocycles. The van der Waals surface area contributed by atoms with E-state index in [-0.39, 0.29) is 51.6 Å². The molecule has 0 unspecified atom stereocenters. The van der Waals surface area contributed by atoms with Gasteiger partial charge in [-0.15, -0.1) is 0 Å². The van der Waals surface area contributed by atoms with Crippen LogP contribution in [0.3, 0.4) is 0 Å². The van der Waals surface area contributed by atoms with Crippen LogP contribution in [0.5, 0.6) is 0 Å². The standard InChI is InChI=1S/C32H23F2N3O6S/c1-37(44(2,40)41)25-15-27-23(29(31(35)39)28(42-27)12-17-6-8-21(33)9-7-17)14-22(25)19-10-18(16-38)11-20(13-19)32-36-30-24(34)4-3-5-26(30)43-32/h3-11,13-16H,12H2,1-2H3,(H2,35,39). The summed E-state index contributed by atoms with van der Waals surface area (Å²) in [5, 5.41) is 0.303. The number of aromatic nitrogens is 1. The molecule has 2 N–H and O–H groups in total. The van der Waals surface area contributed by atoms with Crippen LogP contribution in [0.2, 0.25) is 0 Å². The van der Waals surface area contributed by atoms with Crippen LogP contribution < -0.4 is 10.0 Å². The molecule has 0 spiro atoms. The number of nitrogens with two attached hydrogens (primary N) is 1. The third-order valence-corrected chi connectivity index (χ3v) is 8.45. The Bertz CT molecular complexity index is 2220. The number of nitrogens with zero attached hydrogens (tertiary/aromatic N) is 2. The highest BCUT2D eigenvalue weighted by molar-refractivity contribution is 7.92. The van der Waals surface area contributed by atoms with Gasteiger partial charge in [-0.25, -0.2) is 22.2 Å².